The molecule has 2 aromatic carbocycles. The molecule has 0 unspecified atom stereocenters. The van der Waals surface area contributed by atoms with E-state index < -0.39 is 0 Å². The predicted octanol–water partition coefficient (Wildman–Crippen LogP) is 3.39. The molecule has 0 saturated carbocycles. The lowest BCUT2D eigenvalue weighted by Crippen LogP contribution is -2.46. The Bertz CT molecular complexity index is 841. The summed E-state index contributed by atoms with van der Waals surface area (Å²) in [7, 11) is 3.04. The number of rotatable bonds is 5. The number of carbonyl (C=O) groups is 2. The highest BCUT2D eigenvalue weighted by atomic mass is 35.5. The Morgan fingerprint density at radius 3 is 2.21 bits per heavy atom. The second-order valence-corrected chi connectivity index (χ2v) is 7.02. The summed E-state index contributed by atoms with van der Waals surface area (Å²) in [5.41, 5.74) is 0.957. The standard InChI is InChI=1S/C21H23ClN2O4/c1-27-17-7-4-8-18(28-2)19(17)20(25)23-16-9-11-24(12-10-16)21(26)14-5-3-6-15(22)13-14/h3-8,13,16H,9-12H2,1-2H3,(H,23,25). The van der Waals surface area contributed by atoms with Gasteiger partial charge in [0, 0.05) is 29.7 Å². The average Bonchev–Trinajstić information content (AvgIpc) is 2.73. The molecule has 28 heavy (non-hydrogen) atoms. The van der Waals surface area contributed by atoms with E-state index in [1.165, 1.54) is 14.2 Å². The normalized spacial score (nSPS) is 14.5. The first-order chi connectivity index (χ1) is 13.5. The minimum atomic E-state index is -0.242. The van der Waals surface area contributed by atoms with Crippen LogP contribution in [-0.4, -0.2) is 50.1 Å². The van der Waals surface area contributed by atoms with Crippen LogP contribution in [0.2, 0.25) is 5.02 Å². The summed E-state index contributed by atoms with van der Waals surface area (Å²) in [4.78, 5) is 27.2. The van der Waals surface area contributed by atoms with E-state index in [0.717, 1.165) is 0 Å². The molecule has 1 aliphatic heterocycles. The maximum Gasteiger partial charge on any atom is 0.259 e. The fourth-order valence-corrected chi connectivity index (χ4v) is 3.55. The molecule has 2 aromatic rings. The molecular formula is C21H23ClN2O4. The zero-order valence-electron chi connectivity index (χ0n) is 15.9. The van der Waals surface area contributed by atoms with Gasteiger partial charge in [-0.1, -0.05) is 23.7 Å². The van der Waals surface area contributed by atoms with Crippen molar-refractivity contribution in [2.45, 2.75) is 18.9 Å². The molecule has 148 valence electrons. The predicted molar refractivity (Wildman–Crippen MR) is 107 cm³/mol. The maximum atomic E-state index is 12.8. The van der Waals surface area contributed by atoms with Crippen molar-refractivity contribution in [3.8, 4) is 11.5 Å². The lowest BCUT2D eigenvalue weighted by atomic mass is 10.0. The highest BCUT2D eigenvalue weighted by Gasteiger charge is 2.27. The molecule has 0 radical (unpaired) electrons. The van der Waals surface area contributed by atoms with Gasteiger partial charge >= 0.3 is 0 Å². The van der Waals surface area contributed by atoms with Crippen LogP contribution in [0.4, 0.5) is 0 Å². The molecule has 0 aliphatic carbocycles. The molecule has 0 spiro atoms. The summed E-state index contributed by atoms with van der Waals surface area (Å²) in [5, 5.41) is 3.58. The molecule has 6 nitrogen and oxygen atoms in total. The molecule has 1 aliphatic rings. The van der Waals surface area contributed by atoms with Gasteiger partial charge in [-0.2, -0.15) is 0 Å². The molecule has 3 rings (SSSR count). The molecule has 1 fully saturated rings. The van der Waals surface area contributed by atoms with Crippen molar-refractivity contribution in [2.75, 3.05) is 27.3 Å². The molecular weight excluding hydrogens is 380 g/mol. The van der Waals surface area contributed by atoms with Gasteiger partial charge in [0.15, 0.2) is 0 Å². The van der Waals surface area contributed by atoms with E-state index in [0.29, 0.717) is 53.6 Å². The van der Waals surface area contributed by atoms with Crippen LogP contribution in [0.15, 0.2) is 42.5 Å². The molecule has 0 aromatic heterocycles. The van der Waals surface area contributed by atoms with Gasteiger partial charge in [-0.05, 0) is 43.2 Å². The fraction of sp³-hybridized carbons (Fsp3) is 0.333. The highest BCUT2D eigenvalue weighted by Crippen LogP contribution is 2.28. The van der Waals surface area contributed by atoms with E-state index >= 15 is 0 Å². The molecule has 0 atom stereocenters. The molecule has 1 N–H and O–H groups in total. The van der Waals surface area contributed by atoms with Crippen LogP contribution >= 0.6 is 11.6 Å². The Morgan fingerprint density at radius 1 is 1.04 bits per heavy atom. The Balaban J connectivity index is 1.62. The first kappa shape index (κ1) is 20.0. The number of halogens is 1. The van der Waals surface area contributed by atoms with E-state index in [2.05, 4.69) is 5.32 Å². The largest absolute Gasteiger partial charge is 0.496 e. The van der Waals surface area contributed by atoms with Crippen LogP contribution in [0, 0.1) is 0 Å². The summed E-state index contributed by atoms with van der Waals surface area (Å²) in [6.45, 7) is 1.14. The molecule has 0 bridgehead atoms. The van der Waals surface area contributed by atoms with Gasteiger partial charge < -0.3 is 19.7 Å². The van der Waals surface area contributed by atoms with E-state index in [9.17, 15) is 9.59 Å². The number of hydrogen-bond donors (Lipinski definition) is 1. The van der Waals surface area contributed by atoms with Gasteiger partial charge in [-0.15, -0.1) is 0 Å². The van der Waals surface area contributed by atoms with Crippen LogP contribution in [0.25, 0.3) is 0 Å². The summed E-state index contributed by atoms with van der Waals surface area (Å²) in [6.07, 6.45) is 1.35. The van der Waals surface area contributed by atoms with Gasteiger partial charge in [0.2, 0.25) is 0 Å². The van der Waals surface area contributed by atoms with Crippen LogP contribution in [0.3, 0.4) is 0 Å². The minimum Gasteiger partial charge on any atom is -0.496 e. The van der Waals surface area contributed by atoms with Crippen molar-refractivity contribution < 1.29 is 19.1 Å². The first-order valence-corrected chi connectivity index (χ1v) is 9.48. The van der Waals surface area contributed by atoms with Gasteiger partial charge in [-0.25, -0.2) is 0 Å². The summed E-state index contributed by atoms with van der Waals surface area (Å²) in [5.74, 6) is 0.642. The number of nitrogens with one attached hydrogen (secondary N) is 1. The van der Waals surface area contributed by atoms with Crippen LogP contribution < -0.4 is 14.8 Å². The van der Waals surface area contributed by atoms with E-state index in [1.54, 1.807) is 47.4 Å². The van der Waals surface area contributed by atoms with E-state index in [4.69, 9.17) is 21.1 Å². The molecule has 7 heteroatoms. The van der Waals surface area contributed by atoms with Crippen molar-refractivity contribution in [3.05, 3.63) is 58.6 Å². The Hall–Kier alpha value is -2.73. The molecule has 2 amide bonds. The SMILES string of the molecule is COc1cccc(OC)c1C(=O)NC1CCN(C(=O)c2cccc(Cl)c2)CC1. The number of amides is 2. The zero-order valence-corrected chi connectivity index (χ0v) is 16.7. The Morgan fingerprint density at radius 2 is 1.64 bits per heavy atom. The Kier molecular flexibility index (Phi) is 6.41. The van der Waals surface area contributed by atoms with Crippen LogP contribution in [0.1, 0.15) is 33.6 Å². The van der Waals surface area contributed by atoms with Gasteiger partial charge in [0.1, 0.15) is 17.1 Å². The third-order valence-electron chi connectivity index (χ3n) is 4.84. The van der Waals surface area contributed by atoms with Crippen molar-refractivity contribution in [2.24, 2.45) is 0 Å². The van der Waals surface area contributed by atoms with Gasteiger partial charge in [0.25, 0.3) is 11.8 Å². The minimum absolute atomic E-state index is 0.0227. The van der Waals surface area contributed by atoms with Crippen LogP contribution in [0.5, 0.6) is 11.5 Å². The maximum absolute atomic E-state index is 12.8. The number of methoxy groups -OCH3 is 2. The lowest BCUT2D eigenvalue weighted by molar-refractivity contribution is 0.0698. The van der Waals surface area contributed by atoms with Gasteiger partial charge in [-0.3, -0.25) is 9.59 Å². The van der Waals surface area contributed by atoms with E-state index in [-0.39, 0.29) is 17.9 Å². The second kappa shape index (κ2) is 8.97. The van der Waals surface area contributed by atoms with E-state index in [1.807, 2.05) is 0 Å². The van der Waals surface area contributed by atoms with Crippen LogP contribution in [-0.2, 0) is 0 Å². The first-order valence-electron chi connectivity index (χ1n) is 9.10. The highest BCUT2D eigenvalue weighted by molar-refractivity contribution is 6.30. The fourth-order valence-electron chi connectivity index (χ4n) is 3.36. The van der Waals surface area contributed by atoms with Gasteiger partial charge in [0.05, 0.1) is 14.2 Å². The Labute approximate surface area is 169 Å². The number of hydrogen-bond acceptors (Lipinski definition) is 4. The number of piperidine rings is 1. The van der Waals surface area contributed by atoms with Crippen molar-refractivity contribution in [3.63, 3.8) is 0 Å². The van der Waals surface area contributed by atoms with Crippen molar-refractivity contribution >= 4 is 23.4 Å². The topological polar surface area (TPSA) is 67.9 Å². The third-order valence-corrected chi connectivity index (χ3v) is 5.08. The number of benzene rings is 2. The monoisotopic (exact) mass is 402 g/mol. The smallest absolute Gasteiger partial charge is 0.259 e. The number of nitrogens with zero attached hydrogens (tertiary/aromatic N) is 1. The summed E-state index contributed by atoms with van der Waals surface area (Å²) >= 11 is 5.98. The molecule has 1 saturated heterocycles. The number of likely N-dealkylation sites (tertiary alicyclic amines) is 1. The summed E-state index contributed by atoms with van der Waals surface area (Å²) < 4.78 is 10.6. The number of ether oxygens (including phenoxy) is 2. The second-order valence-electron chi connectivity index (χ2n) is 6.59. The van der Waals surface area contributed by atoms with Crippen molar-refractivity contribution in [1.29, 1.82) is 0 Å². The quantitative estimate of drug-likeness (QED) is 0.832. The summed E-state index contributed by atoms with van der Waals surface area (Å²) in [6, 6.07) is 12.1. The third kappa shape index (κ3) is 4.39. The lowest BCUT2D eigenvalue weighted by Gasteiger charge is -2.32. The van der Waals surface area contributed by atoms with Crippen molar-refractivity contribution in [1.82, 2.24) is 10.2 Å². The zero-order chi connectivity index (χ0) is 20.1. The molecule has 1 heterocycles. The average molecular weight is 403 g/mol. The number of carbonyl (C=O) groups excluding carboxylic acids is 2.